The normalized spacial score (nSPS) is 14.1. The van der Waals surface area contributed by atoms with Crippen LogP contribution in [-0.4, -0.2) is 28.3 Å². The molecular weight excluding hydrogens is 240 g/mol. The molecule has 2 atom stereocenters. The Morgan fingerprint density at radius 1 is 1.35 bits per heavy atom. The number of nitrogens with two attached hydrogens (primary N) is 2. The van der Waals surface area contributed by atoms with Crippen LogP contribution in [0.4, 0.5) is 11.6 Å². The van der Waals surface area contributed by atoms with E-state index in [1.54, 1.807) is 6.92 Å². The molecule has 94 valence electrons. The summed E-state index contributed by atoms with van der Waals surface area (Å²) in [7, 11) is 1.37. The van der Waals surface area contributed by atoms with Gasteiger partial charge in [0.1, 0.15) is 11.6 Å². The van der Waals surface area contributed by atoms with Crippen molar-refractivity contribution in [2.24, 2.45) is 5.92 Å². The number of methoxy groups -OCH3 is 1. The zero-order valence-corrected chi connectivity index (χ0v) is 10.8. The van der Waals surface area contributed by atoms with Gasteiger partial charge in [-0.1, -0.05) is 25.6 Å². The highest BCUT2D eigenvalue weighted by molar-refractivity contribution is 7.99. The predicted octanol–water partition coefficient (Wildman–Crippen LogP) is 0.931. The summed E-state index contributed by atoms with van der Waals surface area (Å²) in [5.74, 6) is 0.119. The standard InChI is InChI=1S/C10H16N4O2S/c1-5(9(15)16-3)6(2)17-10-13-7(11)4-8(12)14-10/h4-6H,1-3H3,(H4,11,12,13,14). The van der Waals surface area contributed by atoms with Crippen LogP contribution in [0.2, 0.25) is 0 Å². The molecule has 0 aliphatic heterocycles. The van der Waals surface area contributed by atoms with Crippen LogP contribution in [0.15, 0.2) is 11.2 Å². The third-order valence-electron chi connectivity index (χ3n) is 2.31. The van der Waals surface area contributed by atoms with E-state index in [9.17, 15) is 4.79 Å². The lowest BCUT2D eigenvalue weighted by molar-refractivity contribution is -0.144. The van der Waals surface area contributed by atoms with Crippen LogP contribution in [0.3, 0.4) is 0 Å². The van der Waals surface area contributed by atoms with E-state index in [1.165, 1.54) is 24.9 Å². The summed E-state index contributed by atoms with van der Waals surface area (Å²) in [4.78, 5) is 19.4. The molecule has 0 fully saturated rings. The Morgan fingerprint density at radius 3 is 2.35 bits per heavy atom. The largest absolute Gasteiger partial charge is 0.469 e. The van der Waals surface area contributed by atoms with E-state index in [0.29, 0.717) is 16.8 Å². The summed E-state index contributed by atoms with van der Waals surface area (Å²) in [5, 5.41) is 0.439. The number of rotatable bonds is 4. The first kappa shape index (κ1) is 13.6. The molecule has 6 nitrogen and oxygen atoms in total. The molecule has 17 heavy (non-hydrogen) atoms. The number of carbonyl (C=O) groups is 1. The lowest BCUT2D eigenvalue weighted by Gasteiger charge is -2.16. The first-order valence-electron chi connectivity index (χ1n) is 5.08. The van der Waals surface area contributed by atoms with Gasteiger partial charge < -0.3 is 16.2 Å². The fourth-order valence-electron chi connectivity index (χ4n) is 1.16. The van der Waals surface area contributed by atoms with E-state index >= 15 is 0 Å². The molecule has 2 unspecified atom stereocenters. The van der Waals surface area contributed by atoms with E-state index in [2.05, 4.69) is 14.7 Å². The van der Waals surface area contributed by atoms with Crippen molar-refractivity contribution < 1.29 is 9.53 Å². The lowest BCUT2D eigenvalue weighted by atomic mass is 10.1. The van der Waals surface area contributed by atoms with Gasteiger partial charge in [0.15, 0.2) is 5.16 Å². The highest BCUT2D eigenvalue weighted by atomic mass is 32.2. The number of hydrogen-bond acceptors (Lipinski definition) is 7. The van der Waals surface area contributed by atoms with Gasteiger partial charge in [0.2, 0.25) is 0 Å². The highest BCUT2D eigenvalue weighted by Gasteiger charge is 2.22. The molecule has 0 aliphatic rings. The Hall–Kier alpha value is -1.50. The van der Waals surface area contributed by atoms with Crippen LogP contribution in [0.1, 0.15) is 13.8 Å². The number of ether oxygens (including phenoxy) is 1. The van der Waals surface area contributed by atoms with Gasteiger partial charge in [0.25, 0.3) is 0 Å². The first-order chi connectivity index (χ1) is 7.93. The number of aromatic nitrogens is 2. The van der Waals surface area contributed by atoms with Crippen molar-refractivity contribution in [3.8, 4) is 0 Å². The van der Waals surface area contributed by atoms with Gasteiger partial charge in [-0.2, -0.15) is 0 Å². The minimum Gasteiger partial charge on any atom is -0.469 e. The van der Waals surface area contributed by atoms with E-state index in [-0.39, 0.29) is 17.1 Å². The minimum absolute atomic E-state index is 0.0244. The van der Waals surface area contributed by atoms with Crippen LogP contribution in [0.5, 0.6) is 0 Å². The molecule has 1 aromatic rings. The van der Waals surface area contributed by atoms with Crippen molar-refractivity contribution in [3.05, 3.63) is 6.07 Å². The Bertz CT molecular complexity index is 393. The Morgan fingerprint density at radius 2 is 1.88 bits per heavy atom. The van der Waals surface area contributed by atoms with Crippen molar-refractivity contribution in [3.63, 3.8) is 0 Å². The molecule has 0 amide bonds. The van der Waals surface area contributed by atoms with E-state index in [4.69, 9.17) is 11.5 Å². The fraction of sp³-hybridized carbons (Fsp3) is 0.500. The maximum Gasteiger partial charge on any atom is 0.309 e. The average molecular weight is 256 g/mol. The average Bonchev–Trinajstić information content (AvgIpc) is 2.25. The Kier molecular flexibility index (Phi) is 4.56. The SMILES string of the molecule is COC(=O)C(C)C(C)Sc1nc(N)cc(N)n1. The molecule has 4 N–H and O–H groups in total. The zero-order chi connectivity index (χ0) is 13.0. The number of thioether (sulfide) groups is 1. The van der Waals surface area contributed by atoms with Crippen LogP contribution in [0, 0.1) is 5.92 Å². The maximum absolute atomic E-state index is 11.4. The van der Waals surface area contributed by atoms with Crippen LogP contribution in [-0.2, 0) is 9.53 Å². The van der Waals surface area contributed by atoms with E-state index in [1.807, 2.05) is 6.92 Å². The molecule has 0 spiro atoms. The Balaban J connectivity index is 2.73. The zero-order valence-electron chi connectivity index (χ0n) is 10.0. The first-order valence-corrected chi connectivity index (χ1v) is 5.96. The summed E-state index contributed by atoms with van der Waals surface area (Å²) in [6.45, 7) is 3.69. The van der Waals surface area contributed by atoms with Crippen molar-refractivity contribution in [2.45, 2.75) is 24.3 Å². The molecule has 0 aliphatic carbocycles. The second-order valence-corrected chi connectivity index (χ2v) is 4.98. The molecule has 1 rings (SSSR count). The summed E-state index contributed by atoms with van der Waals surface area (Å²) in [5.41, 5.74) is 11.1. The van der Waals surface area contributed by atoms with Gasteiger partial charge in [-0.3, -0.25) is 4.79 Å². The molecule has 1 aromatic heterocycles. The maximum atomic E-state index is 11.4. The molecule has 0 aromatic carbocycles. The number of esters is 1. The van der Waals surface area contributed by atoms with Crippen LogP contribution < -0.4 is 11.5 Å². The highest BCUT2D eigenvalue weighted by Crippen LogP contribution is 2.26. The van der Waals surface area contributed by atoms with E-state index in [0.717, 1.165) is 0 Å². The number of nitrogen functional groups attached to an aromatic ring is 2. The smallest absolute Gasteiger partial charge is 0.309 e. The monoisotopic (exact) mass is 256 g/mol. The van der Waals surface area contributed by atoms with Gasteiger partial charge >= 0.3 is 5.97 Å². The third-order valence-corrected chi connectivity index (χ3v) is 3.49. The predicted molar refractivity (Wildman–Crippen MR) is 67.4 cm³/mol. The number of anilines is 2. The summed E-state index contributed by atoms with van der Waals surface area (Å²) in [6, 6.07) is 1.48. The second kappa shape index (κ2) is 5.72. The molecule has 0 bridgehead atoms. The second-order valence-electron chi connectivity index (χ2n) is 3.64. The van der Waals surface area contributed by atoms with Crippen molar-refractivity contribution >= 4 is 29.4 Å². The number of carbonyl (C=O) groups excluding carboxylic acids is 1. The van der Waals surface area contributed by atoms with Gasteiger partial charge in [0, 0.05) is 11.3 Å². The fourth-order valence-corrected chi connectivity index (χ4v) is 2.12. The lowest BCUT2D eigenvalue weighted by Crippen LogP contribution is -2.22. The summed E-state index contributed by atoms with van der Waals surface area (Å²) < 4.78 is 4.68. The quantitative estimate of drug-likeness (QED) is 0.469. The summed E-state index contributed by atoms with van der Waals surface area (Å²) in [6.07, 6.45) is 0. The Labute approximate surface area is 104 Å². The van der Waals surface area contributed by atoms with Gasteiger partial charge in [-0.25, -0.2) is 9.97 Å². The van der Waals surface area contributed by atoms with Crippen molar-refractivity contribution in [1.29, 1.82) is 0 Å². The third kappa shape index (κ3) is 3.77. The molecular formula is C10H16N4O2S. The van der Waals surface area contributed by atoms with Crippen molar-refractivity contribution in [1.82, 2.24) is 9.97 Å². The number of nitrogens with zero attached hydrogens (tertiary/aromatic N) is 2. The van der Waals surface area contributed by atoms with E-state index < -0.39 is 0 Å². The van der Waals surface area contributed by atoms with Crippen LogP contribution >= 0.6 is 11.8 Å². The van der Waals surface area contributed by atoms with Gasteiger partial charge in [-0.15, -0.1) is 0 Å². The minimum atomic E-state index is -0.262. The summed E-state index contributed by atoms with van der Waals surface area (Å²) >= 11 is 1.34. The molecule has 1 heterocycles. The molecule has 0 saturated heterocycles. The molecule has 7 heteroatoms. The van der Waals surface area contributed by atoms with Crippen molar-refractivity contribution in [2.75, 3.05) is 18.6 Å². The van der Waals surface area contributed by atoms with Gasteiger partial charge in [0.05, 0.1) is 13.0 Å². The molecule has 0 saturated carbocycles. The van der Waals surface area contributed by atoms with Gasteiger partial charge in [-0.05, 0) is 0 Å². The topological polar surface area (TPSA) is 104 Å². The van der Waals surface area contributed by atoms with Crippen LogP contribution in [0.25, 0.3) is 0 Å². The number of hydrogen-bond donors (Lipinski definition) is 2. The molecule has 0 radical (unpaired) electrons.